The average molecular weight is 372 g/mol. The second-order valence-corrected chi connectivity index (χ2v) is 8.02. The van der Waals surface area contributed by atoms with Gasteiger partial charge in [-0.1, -0.05) is 16.8 Å². The lowest BCUT2D eigenvalue weighted by atomic mass is 10.6. The highest BCUT2D eigenvalue weighted by atomic mass is 79.9. The lowest BCUT2D eigenvalue weighted by Gasteiger charge is -2.04. The Bertz CT molecular complexity index is 606. The third-order valence-corrected chi connectivity index (χ3v) is 6.40. The third kappa shape index (κ3) is 3.29. The molecule has 0 aliphatic rings. The van der Waals surface area contributed by atoms with Gasteiger partial charge in [0.15, 0.2) is 0 Å². The molecule has 0 aliphatic carbocycles. The minimum atomic E-state index is -3.52. The van der Waals surface area contributed by atoms with Crippen LogP contribution in [0.2, 0.25) is 5.02 Å². The van der Waals surface area contributed by atoms with Crippen LogP contribution in [-0.2, 0) is 16.6 Å². The quantitative estimate of drug-likeness (QED) is 0.868. The van der Waals surface area contributed by atoms with Crippen LogP contribution in [0.5, 0.6) is 0 Å². The SMILES string of the molecule is O=S(=O)(NCCn1ccnn1)c1cc(Cl)c(Br)s1. The highest BCUT2D eigenvalue weighted by molar-refractivity contribution is 9.11. The lowest BCUT2D eigenvalue weighted by molar-refractivity contribution is 0.554. The predicted molar refractivity (Wildman–Crippen MR) is 72.2 cm³/mol. The maximum Gasteiger partial charge on any atom is 0.250 e. The van der Waals surface area contributed by atoms with Gasteiger partial charge in [-0.2, -0.15) is 0 Å². The van der Waals surface area contributed by atoms with Crippen molar-refractivity contribution in [2.24, 2.45) is 0 Å². The monoisotopic (exact) mass is 370 g/mol. The molecule has 18 heavy (non-hydrogen) atoms. The molecule has 0 saturated heterocycles. The van der Waals surface area contributed by atoms with Gasteiger partial charge in [0.2, 0.25) is 10.0 Å². The van der Waals surface area contributed by atoms with Gasteiger partial charge in [0, 0.05) is 12.7 Å². The fourth-order valence-electron chi connectivity index (χ4n) is 1.18. The fraction of sp³-hybridized carbons (Fsp3) is 0.250. The number of aromatic nitrogens is 3. The minimum Gasteiger partial charge on any atom is -0.251 e. The van der Waals surface area contributed by atoms with Gasteiger partial charge in [-0.15, -0.1) is 16.4 Å². The molecule has 10 heteroatoms. The zero-order valence-corrected chi connectivity index (χ0v) is 12.9. The van der Waals surface area contributed by atoms with Crippen molar-refractivity contribution in [3.05, 3.63) is 27.3 Å². The molecular formula is C8H8BrClN4O2S2. The molecule has 6 nitrogen and oxygen atoms in total. The van der Waals surface area contributed by atoms with E-state index in [-0.39, 0.29) is 10.8 Å². The Kier molecular flexibility index (Phi) is 4.38. The van der Waals surface area contributed by atoms with Gasteiger partial charge < -0.3 is 0 Å². The largest absolute Gasteiger partial charge is 0.251 e. The van der Waals surface area contributed by atoms with Gasteiger partial charge in [-0.25, -0.2) is 13.1 Å². The van der Waals surface area contributed by atoms with E-state index in [1.165, 1.54) is 12.3 Å². The topological polar surface area (TPSA) is 76.9 Å². The molecular weight excluding hydrogens is 364 g/mol. The van der Waals surface area contributed by atoms with Gasteiger partial charge in [-0.3, -0.25) is 4.68 Å². The number of hydrogen-bond acceptors (Lipinski definition) is 5. The van der Waals surface area contributed by atoms with Crippen LogP contribution in [0.3, 0.4) is 0 Å². The van der Waals surface area contributed by atoms with Crippen LogP contribution < -0.4 is 4.72 Å². The summed E-state index contributed by atoms with van der Waals surface area (Å²) >= 11 is 10.0. The Morgan fingerprint density at radius 2 is 2.33 bits per heavy atom. The standard InChI is InChI=1S/C8H8BrClN4O2S2/c9-8-6(10)5-7(17-8)18(15,16)12-2-4-14-3-1-11-13-14/h1,3,5,12H,2,4H2. The van der Waals surface area contributed by atoms with Gasteiger partial charge in [-0.05, 0) is 22.0 Å². The van der Waals surface area contributed by atoms with E-state index in [1.54, 1.807) is 10.9 Å². The van der Waals surface area contributed by atoms with E-state index in [0.29, 0.717) is 15.4 Å². The molecule has 0 bridgehead atoms. The first-order chi connectivity index (χ1) is 8.49. The van der Waals surface area contributed by atoms with Crippen molar-refractivity contribution >= 4 is 48.9 Å². The van der Waals surface area contributed by atoms with Crippen molar-refractivity contribution in [1.82, 2.24) is 19.7 Å². The highest BCUT2D eigenvalue weighted by Crippen LogP contribution is 2.34. The summed E-state index contributed by atoms with van der Waals surface area (Å²) in [7, 11) is -3.52. The van der Waals surface area contributed by atoms with Crippen LogP contribution in [0.25, 0.3) is 0 Å². The zero-order chi connectivity index (χ0) is 13.2. The molecule has 0 amide bonds. The molecule has 0 radical (unpaired) electrons. The second-order valence-electron chi connectivity index (χ2n) is 3.25. The predicted octanol–water partition coefficient (Wildman–Crippen LogP) is 1.73. The van der Waals surface area contributed by atoms with Gasteiger partial charge >= 0.3 is 0 Å². The number of nitrogens with zero attached hydrogens (tertiary/aromatic N) is 3. The highest BCUT2D eigenvalue weighted by Gasteiger charge is 2.18. The van der Waals surface area contributed by atoms with E-state index in [0.717, 1.165) is 11.3 Å². The molecule has 0 aliphatic heterocycles. The maximum atomic E-state index is 11.9. The molecule has 0 saturated carbocycles. The smallest absolute Gasteiger partial charge is 0.250 e. The summed E-state index contributed by atoms with van der Waals surface area (Å²) in [5.74, 6) is 0. The molecule has 0 aromatic carbocycles. The van der Waals surface area contributed by atoms with Gasteiger partial charge in [0.05, 0.1) is 21.6 Å². The second kappa shape index (κ2) is 5.66. The minimum absolute atomic E-state index is 0.179. The van der Waals surface area contributed by atoms with E-state index < -0.39 is 10.0 Å². The lowest BCUT2D eigenvalue weighted by Crippen LogP contribution is -2.27. The van der Waals surface area contributed by atoms with E-state index in [2.05, 4.69) is 31.0 Å². The Morgan fingerprint density at radius 1 is 1.56 bits per heavy atom. The summed E-state index contributed by atoms with van der Waals surface area (Å²) < 4.78 is 28.6. The van der Waals surface area contributed by atoms with Gasteiger partial charge in [0.1, 0.15) is 4.21 Å². The van der Waals surface area contributed by atoms with Crippen LogP contribution in [0.1, 0.15) is 0 Å². The molecule has 2 aromatic heterocycles. The third-order valence-electron chi connectivity index (χ3n) is 1.99. The first kappa shape index (κ1) is 13.9. The number of thiophene rings is 1. The van der Waals surface area contributed by atoms with Crippen LogP contribution in [0.4, 0.5) is 0 Å². The van der Waals surface area contributed by atoms with Crippen LogP contribution >= 0.6 is 38.9 Å². The summed E-state index contributed by atoms with van der Waals surface area (Å²) in [6.45, 7) is 0.651. The molecule has 2 rings (SSSR count). The fourth-order valence-corrected chi connectivity index (χ4v) is 4.64. The molecule has 0 fully saturated rings. The van der Waals surface area contributed by atoms with E-state index >= 15 is 0 Å². The Morgan fingerprint density at radius 3 is 2.89 bits per heavy atom. The zero-order valence-electron chi connectivity index (χ0n) is 8.88. The molecule has 0 unspecified atom stereocenters. The van der Waals surface area contributed by atoms with Crippen molar-refractivity contribution in [2.75, 3.05) is 6.54 Å². The van der Waals surface area contributed by atoms with Crippen LogP contribution in [0, 0.1) is 0 Å². The summed E-state index contributed by atoms with van der Waals surface area (Å²) in [5, 5.41) is 7.74. The first-order valence-electron chi connectivity index (χ1n) is 4.77. The van der Waals surface area contributed by atoms with Crippen molar-refractivity contribution in [3.63, 3.8) is 0 Å². The Labute approximate surface area is 121 Å². The number of rotatable bonds is 5. The summed E-state index contributed by atoms with van der Waals surface area (Å²) in [6.07, 6.45) is 3.19. The summed E-state index contributed by atoms with van der Waals surface area (Å²) in [5.41, 5.74) is 0. The number of hydrogen-bond donors (Lipinski definition) is 1. The van der Waals surface area contributed by atoms with Crippen molar-refractivity contribution in [2.45, 2.75) is 10.8 Å². The van der Waals surface area contributed by atoms with Crippen molar-refractivity contribution in [1.29, 1.82) is 0 Å². The Hall–Kier alpha value is -0.480. The number of halogens is 2. The normalized spacial score (nSPS) is 11.9. The van der Waals surface area contributed by atoms with Crippen molar-refractivity contribution < 1.29 is 8.42 Å². The maximum absolute atomic E-state index is 11.9. The Balaban J connectivity index is 1.99. The van der Waals surface area contributed by atoms with E-state index in [4.69, 9.17) is 11.6 Å². The molecule has 2 heterocycles. The average Bonchev–Trinajstić information content (AvgIpc) is 2.90. The number of sulfonamides is 1. The molecule has 0 atom stereocenters. The molecule has 2 aromatic rings. The summed E-state index contributed by atoms with van der Waals surface area (Å²) in [6, 6.07) is 1.41. The van der Waals surface area contributed by atoms with Gasteiger partial charge in [0.25, 0.3) is 0 Å². The number of nitrogens with one attached hydrogen (secondary N) is 1. The molecule has 0 spiro atoms. The molecule has 1 N–H and O–H groups in total. The van der Waals surface area contributed by atoms with Crippen molar-refractivity contribution in [3.8, 4) is 0 Å². The first-order valence-corrected chi connectivity index (χ1v) is 8.25. The summed E-state index contributed by atoms with van der Waals surface area (Å²) in [4.78, 5) is 0. The van der Waals surface area contributed by atoms with Crippen LogP contribution in [-0.4, -0.2) is 30.0 Å². The van der Waals surface area contributed by atoms with E-state index in [1.807, 2.05) is 0 Å². The van der Waals surface area contributed by atoms with E-state index in [9.17, 15) is 8.42 Å². The molecule has 98 valence electrons. The van der Waals surface area contributed by atoms with Crippen LogP contribution in [0.15, 0.2) is 26.5 Å².